The maximum absolute atomic E-state index is 10.3. The van der Waals surface area contributed by atoms with E-state index in [1.807, 2.05) is 0 Å². The maximum atomic E-state index is 10.3. The molecule has 66 valence electrons. The van der Waals surface area contributed by atoms with Gasteiger partial charge in [-0.3, -0.25) is 0 Å². The molecule has 0 amide bonds. The number of phenols is 1. The number of benzene rings is 1. The van der Waals surface area contributed by atoms with Crippen molar-refractivity contribution in [2.24, 2.45) is 0 Å². The van der Waals surface area contributed by atoms with Crippen LogP contribution in [0.1, 0.15) is 13.1 Å². The molecule has 0 aliphatic rings. The zero-order valence-electron chi connectivity index (χ0n) is 8.14. The summed E-state index contributed by atoms with van der Waals surface area (Å²) >= 11 is 0. The SMILES string of the molecule is O=C(O)[C@H](O)c1ccc(O)cc1.[H-].[K+]. The van der Waals surface area contributed by atoms with Crippen LogP contribution in [0, 0.1) is 0 Å². The van der Waals surface area contributed by atoms with Crippen molar-refractivity contribution < 1.29 is 72.9 Å². The second kappa shape index (κ2) is 5.74. The molecule has 13 heavy (non-hydrogen) atoms. The molecule has 1 rings (SSSR count). The van der Waals surface area contributed by atoms with Crippen molar-refractivity contribution >= 4 is 5.97 Å². The molecule has 0 aliphatic heterocycles. The second-order valence-electron chi connectivity index (χ2n) is 2.33. The van der Waals surface area contributed by atoms with Crippen LogP contribution < -0.4 is 51.4 Å². The summed E-state index contributed by atoms with van der Waals surface area (Å²) in [5.74, 6) is -1.27. The van der Waals surface area contributed by atoms with Gasteiger partial charge in [0.1, 0.15) is 5.75 Å². The summed E-state index contributed by atoms with van der Waals surface area (Å²) in [5, 5.41) is 26.2. The molecule has 1 aromatic rings. The van der Waals surface area contributed by atoms with E-state index in [9.17, 15) is 4.79 Å². The van der Waals surface area contributed by atoms with Crippen molar-refractivity contribution in [3.63, 3.8) is 0 Å². The van der Waals surface area contributed by atoms with Gasteiger partial charge < -0.3 is 16.7 Å². The molecule has 0 saturated heterocycles. The standard InChI is InChI=1S/C8H8O4.K.H/c9-6-3-1-5(2-4-6)7(10)8(11)12;;/h1-4,7,9-10H,(H,11,12);;/q;+1;-1/t7-;;/m1../s1. The average Bonchev–Trinajstić information content (AvgIpc) is 2.04. The minimum absolute atomic E-state index is 0. The first-order valence-electron chi connectivity index (χ1n) is 3.31. The van der Waals surface area contributed by atoms with Gasteiger partial charge in [0, 0.05) is 0 Å². The average molecular weight is 208 g/mol. The van der Waals surface area contributed by atoms with Crippen LogP contribution in [-0.4, -0.2) is 21.3 Å². The van der Waals surface area contributed by atoms with Gasteiger partial charge in [0.05, 0.1) is 0 Å². The van der Waals surface area contributed by atoms with Crippen molar-refractivity contribution in [2.75, 3.05) is 0 Å². The molecular formula is C8H9KO4. The van der Waals surface area contributed by atoms with Crippen molar-refractivity contribution in [1.29, 1.82) is 0 Å². The Morgan fingerprint density at radius 3 is 2.15 bits per heavy atom. The number of hydrogen-bond donors (Lipinski definition) is 3. The molecule has 0 aliphatic carbocycles. The Morgan fingerprint density at radius 1 is 1.31 bits per heavy atom. The van der Waals surface area contributed by atoms with Crippen LogP contribution in [0.3, 0.4) is 0 Å². The van der Waals surface area contributed by atoms with Crippen molar-refractivity contribution in [3.05, 3.63) is 29.8 Å². The minimum atomic E-state index is -1.52. The fourth-order valence-corrected chi connectivity index (χ4v) is 0.799. The number of carboxylic acid groups (broad SMARTS) is 1. The predicted molar refractivity (Wildman–Crippen MR) is 41.8 cm³/mol. The number of aromatic hydroxyl groups is 1. The van der Waals surface area contributed by atoms with E-state index < -0.39 is 12.1 Å². The largest absolute Gasteiger partial charge is 1.00 e. The Bertz CT molecular complexity index is 288. The Morgan fingerprint density at radius 2 is 1.77 bits per heavy atom. The Hall–Kier alpha value is 0.0864. The summed E-state index contributed by atoms with van der Waals surface area (Å²) in [6.07, 6.45) is -1.52. The molecule has 5 heteroatoms. The third kappa shape index (κ3) is 3.76. The smallest absolute Gasteiger partial charge is 1.00 e. The van der Waals surface area contributed by atoms with Crippen LogP contribution in [0.5, 0.6) is 5.75 Å². The summed E-state index contributed by atoms with van der Waals surface area (Å²) in [5.41, 5.74) is 0.250. The van der Waals surface area contributed by atoms with Gasteiger partial charge in [-0.1, -0.05) is 12.1 Å². The van der Waals surface area contributed by atoms with E-state index in [1.54, 1.807) is 0 Å². The van der Waals surface area contributed by atoms with Crippen LogP contribution in [0.2, 0.25) is 0 Å². The van der Waals surface area contributed by atoms with Gasteiger partial charge in [0.25, 0.3) is 0 Å². The summed E-state index contributed by atoms with van der Waals surface area (Å²) in [7, 11) is 0. The summed E-state index contributed by atoms with van der Waals surface area (Å²) in [4.78, 5) is 10.3. The van der Waals surface area contributed by atoms with E-state index in [0.717, 1.165) is 0 Å². The number of carboxylic acids is 1. The van der Waals surface area contributed by atoms with Gasteiger partial charge >= 0.3 is 57.4 Å². The van der Waals surface area contributed by atoms with Gasteiger partial charge in [0.15, 0.2) is 6.10 Å². The number of aliphatic hydroxyl groups excluding tert-OH is 1. The Balaban J connectivity index is 0. The summed E-state index contributed by atoms with van der Waals surface area (Å²) < 4.78 is 0. The van der Waals surface area contributed by atoms with Crippen LogP contribution in [0.15, 0.2) is 24.3 Å². The van der Waals surface area contributed by atoms with Crippen LogP contribution in [-0.2, 0) is 4.79 Å². The van der Waals surface area contributed by atoms with Crippen LogP contribution in [0.4, 0.5) is 0 Å². The van der Waals surface area contributed by atoms with Gasteiger partial charge in [-0.05, 0) is 17.7 Å². The van der Waals surface area contributed by atoms with Gasteiger partial charge in [-0.2, -0.15) is 0 Å². The minimum Gasteiger partial charge on any atom is -1.00 e. The molecular weight excluding hydrogens is 199 g/mol. The topological polar surface area (TPSA) is 77.8 Å². The van der Waals surface area contributed by atoms with Gasteiger partial charge in [0.2, 0.25) is 0 Å². The molecule has 0 fully saturated rings. The molecule has 3 N–H and O–H groups in total. The Labute approximate surface area is 119 Å². The van der Waals surface area contributed by atoms with Crippen LogP contribution >= 0.6 is 0 Å². The van der Waals surface area contributed by atoms with E-state index in [-0.39, 0.29) is 64.1 Å². The number of rotatable bonds is 2. The van der Waals surface area contributed by atoms with Crippen molar-refractivity contribution in [3.8, 4) is 5.75 Å². The predicted octanol–water partition coefficient (Wildman–Crippen LogP) is -2.37. The molecule has 4 nitrogen and oxygen atoms in total. The van der Waals surface area contributed by atoms with Gasteiger partial charge in [-0.15, -0.1) is 0 Å². The third-order valence-electron chi connectivity index (χ3n) is 1.44. The number of aliphatic hydroxyl groups is 1. The molecule has 0 radical (unpaired) electrons. The molecule has 0 unspecified atom stereocenters. The van der Waals surface area contributed by atoms with Crippen molar-refractivity contribution in [2.45, 2.75) is 6.10 Å². The van der Waals surface area contributed by atoms with E-state index in [0.29, 0.717) is 0 Å². The number of aliphatic carboxylic acids is 1. The Kier molecular flexibility index (Phi) is 5.78. The molecule has 1 atom stereocenters. The molecule has 0 bridgehead atoms. The summed E-state index contributed by atoms with van der Waals surface area (Å²) in [6, 6.07) is 5.35. The number of phenolic OH excluding ortho intramolecular Hbond substituents is 1. The third-order valence-corrected chi connectivity index (χ3v) is 1.44. The zero-order chi connectivity index (χ0) is 9.14. The first-order valence-corrected chi connectivity index (χ1v) is 3.31. The maximum Gasteiger partial charge on any atom is 1.00 e. The second-order valence-corrected chi connectivity index (χ2v) is 2.33. The fourth-order valence-electron chi connectivity index (χ4n) is 0.799. The number of carbonyl (C=O) groups is 1. The summed E-state index contributed by atoms with van der Waals surface area (Å²) in [6.45, 7) is 0. The molecule has 1 aromatic carbocycles. The first-order chi connectivity index (χ1) is 5.61. The molecule has 0 saturated carbocycles. The zero-order valence-corrected chi connectivity index (χ0v) is 10.3. The molecule has 0 spiro atoms. The van der Waals surface area contributed by atoms with E-state index in [2.05, 4.69) is 0 Å². The fraction of sp³-hybridized carbons (Fsp3) is 0.125. The van der Waals surface area contributed by atoms with E-state index in [4.69, 9.17) is 15.3 Å². The van der Waals surface area contributed by atoms with E-state index >= 15 is 0 Å². The quantitative estimate of drug-likeness (QED) is 0.475. The first kappa shape index (κ1) is 13.1. The molecule has 0 heterocycles. The van der Waals surface area contributed by atoms with Crippen LogP contribution in [0.25, 0.3) is 0 Å². The number of hydrogen-bond acceptors (Lipinski definition) is 3. The van der Waals surface area contributed by atoms with Crippen molar-refractivity contribution in [1.82, 2.24) is 0 Å². The monoisotopic (exact) mass is 208 g/mol. The normalized spacial score (nSPS) is 11.5. The van der Waals surface area contributed by atoms with E-state index in [1.165, 1.54) is 24.3 Å². The van der Waals surface area contributed by atoms with Gasteiger partial charge in [-0.25, -0.2) is 4.79 Å². The molecule has 0 aromatic heterocycles.